The molecule has 1 aliphatic rings. The van der Waals surface area contributed by atoms with Crippen LogP contribution < -0.4 is 5.73 Å². The van der Waals surface area contributed by atoms with Gasteiger partial charge in [0.1, 0.15) is 5.03 Å². The molecule has 0 radical (unpaired) electrons. The molecule has 2 heterocycles. The Kier molecular flexibility index (Phi) is 3.76. The Labute approximate surface area is 101 Å². The molecule has 2 N–H and O–H groups in total. The fraction of sp³-hybridized carbons (Fsp3) is 0.727. The standard InChI is InChI=1S/C11H19N3OS/c1-3-9-10(12)11(14(2)13-9)16-8-4-6-15-7-5-8/h8H,3-7,12H2,1-2H3. The number of aromatic nitrogens is 2. The lowest BCUT2D eigenvalue weighted by molar-refractivity contribution is 0.1000. The summed E-state index contributed by atoms with van der Waals surface area (Å²) < 4.78 is 7.27. The van der Waals surface area contributed by atoms with E-state index in [4.69, 9.17) is 10.5 Å². The summed E-state index contributed by atoms with van der Waals surface area (Å²) in [7, 11) is 1.97. The molecule has 0 amide bonds. The molecule has 1 fully saturated rings. The van der Waals surface area contributed by atoms with Gasteiger partial charge in [-0.1, -0.05) is 6.92 Å². The minimum Gasteiger partial charge on any atom is -0.395 e. The molecule has 90 valence electrons. The van der Waals surface area contributed by atoms with Crippen LogP contribution in [0.4, 0.5) is 5.69 Å². The van der Waals surface area contributed by atoms with Gasteiger partial charge in [-0.15, -0.1) is 11.8 Å². The molecule has 0 unspecified atom stereocenters. The second-order valence-corrected chi connectivity index (χ2v) is 5.36. The quantitative estimate of drug-likeness (QED) is 0.877. The lowest BCUT2D eigenvalue weighted by atomic mass is 10.2. The highest BCUT2D eigenvalue weighted by Gasteiger charge is 2.20. The van der Waals surface area contributed by atoms with Gasteiger partial charge in [-0.05, 0) is 19.3 Å². The first-order chi connectivity index (χ1) is 7.72. The van der Waals surface area contributed by atoms with E-state index in [-0.39, 0.29) is 0 Å². The van der Waals surface area contributed by atoms with Crippen molar-refractivity contribution in [3.8, 4) is 0 Å². The van der Waals surface area contributed by atoms with Crippen LogP contribution >= 0.6 is 11.8 Å². The van der Waals surface area contributed by atoms with Crippen LogP contribution in [-0.4, -0.2) is 28.2 Å². The van der Waals surface area contributed by atoms with Gasteiger partial charge in [-0.25, -0.2) is 0 Å². The lowest BCUT2D eigenvalue weighted by Gasteiger charge is -2.21. The topological polar surface area (TPSA) is 53.1 Å². The molecule has 1 saturated heterocycles. The van der Waals surface area contributed by atoms with Crippen LogP contribution in [0.3, 0.4) is 0 Å². The summed E-state index contributed by atoms with van der Waals surface area (Å²) in [4.78, 5) is 0. The minimum atomic E-state index is 0.621. The first kappa shape index (κ1) is 11.8. The van der Waals surface area contributed by atoms with E-state index >= 15 is 0 Å². The average molecular weight is 241 g/mol. The molecule has 1 aromatic heterocycles. The number of anilines is 1. The third-order valence-corrected chi connectivity index (χ3v) is 4.40. The molecule has 16 heavy (non-hydrogen) atoms. The van der Waals surface area contributed by atoms with E-state index < -0.39 is 0 Å². The third kappa shape index (κ3) is 2.35. The van der Waals surface area contributed by atoms with Crippen molar-refractivity contribution in [1.29, 1.82) is 0 Å². The van der Waals surface area contributed by atoms with E-state index in [1.807, 2.05) is 23.5 Å². The van der Waals surface area contributed by atoms with Crippen molar-refractivity contribution in [3.05, 3.63) is 5.69 Å². The molecular weight excluding hydrogens is 222 g/mol. The molecule has 0 saturated carbocycles. The van der Waals surface area contributed by atoms with Gasteiger partial charge in [0.2, 0.25) is 0 Å². The molecule has 2 rings (SSSR count). The zero-order valence-corrected chi connectivity index (χ0v) is 10.7. The molecule has 1 aromatic rings. The predicted molar refractivity (Wildman–Crippen MR) is 66.7 cm³/mol. The van der Waals surface area contributed by atoms with Gasteiger partial charge in [0.15, 0.2) is 0 Å². The molecule has 0 spiro atoms. The van der Waals surface area contributed by atoms with E-state index in [2.05, 4.69) is 12.0 Å². The second kappa shape index (κ2) is 5.10. The number of nitrogens with two attached hydrogens (primary N) is 1. The maximum absolute atomic E-state index is 6.10. The normalized spacial score (nSPS) is 17.9. The number of aryl methyl sites for hydroxylation is 2. The molecule has 5 heteroatoms. The van der Waals surface area contributed by atoms with Crippen LogP contribution in [0.15, 0.2) is 5.03 Å². The van der Waals surface area contributed by atoms with Gasteiger partial charge in [0.05, 0.1) is 11.4 Å². The minimum absolute atomic E-state index is 0.621. The molecule has 1 aliphatic heterocycles. The summed E-state index contributed by atoms with van der Waals surface area (Å²) in [5.74, 6) is 0. The van der Waals surface area contributed by atoms with Crippen LogP contribution in [0.5, 0.6) is 0 Å². The Morgan fingerprint density at radius 1 is 1.50 bits per heavy atom. The Hall–Kier alpha value is -0.680. The Balaban J connectivity index is 2.10. The summed E-state index contributed by atoms with van der Waals surface area (Å²) >= 11 is 1.85. The van der Waals surface area contributed by atoms with Gasteiger partial charge >= 0.3 is 0 Å². The van der Waals surface area contributed by atoms with E-state index in [1.165, 1.54) is 0 Å². The number of hydrogen-bond donors (Lipinski definition) is 1. The fourth-order valence-corrected chi connectivity index (χ4v) is 3.11. The number of thioether (sulfide) groups is 1. The maximum atomic E-state index is 6.10. The van der Waals surface area contributed by atoms with Gasteiger partial charge in [-0.3, -0.25) is 4.68 Å². The number of nitrogens with zero attached hydrogens (tertiary/aromatic N) is 2. The van der Waals surface area contributed by atoms with Crippen molar-refractivity contribution in [1.82, 2.24) is 9.78 Å². The van der Waals surface area contributed by atoms with Gasteiger partial charge in [-0.2, -0.15) is 5.10 Å². The van der Waals surface area contributed by atoms with Crippen molar-refractivity contribution in [2.24, 2.45) is 7.05 Å². The molecule has 4 nitrogen and oxygen atoms in total. The van der Waals surface area contributed by atoms with Crippen molar-refractivity contribution >= 4 is 17.4 Å². The summed E-state index contributed by atoms with van der Waals surface area (Å²) in [5, 5.41) is 6.17. The van der Waals surface area contributed by atoms with Crippen LogP contribution in [0.1, 0.15) is 25.5 Å². The van der Waals surface area contributed by atoms with Crippen molar-refractivity contribution < 1.29 is 4.74 Å². The Bertz CT molecular complexity index is 358. The van der Waals surface area contributed by atoms with Crippen LogP contribution in [0.25, 0.3) is 0 Å². The summed E-state index contributed by atoms with van der Waals surface area (Å²) in [6.07, 6.45) is 3.11. The predicted octanol–water partition coefficient (Wildman–Crippen LogP) is 1.84. The SMILES string of the molecule is CCc1nn(C)c(SC2CCOCC2)c1N. The van der Waals surface area contributed by atoms with Crippen LogP contribution in [-0.2, 0) is 18.2 Å². The highest BCUT2D eigenvalue weighted by molar-refractivity contribution is 8.00. The zero-order valence-electron chi connectivity index (χ0n) is 9.90. The third-order valence-electron chi connectivity index (χ3n) is 2.89. The maximum Gasteiger partial charge on any atom is 0.117 e. The van der Waals surface area contributed by atoms with Crippen molar-refractivity contribution in [2.75, 3.05) is 18.9 Å². The van der Waals surface area contributed by atoms with Crippen LogP contribution in [0.2, 0.25) is 0 Å². The number of ether oxygens (including phenoxy) is 1. The molecular formula is C11H19N3OS. The van der Waals surface area contributed by atoms with Crippen molar-refractivity contribution in [3.63, 3.8) is 0 Å². The van der Waals surface area contributed by atoms with Gasteiger partial charge in [0, 0.05) is 25.5 Å². The van der Waals surface area contributed by atoms with E-state index in [1.54, 1.807) is 0 Å². The first-order valence-electron chi connectivity index (χ1n) is 5.78. The number of nitrogen functional groups attached to an aromatic ring is 1. The van der Waals surface area contributed by atoms with Gasteiger partial charge in [0.25, 0.3) is 0 Å². The average Bonchev–Trinajstić information content (AvgIpc) is 2.58. The van der Waals surface area contributed by atoms with E-state index in [9.17, 15) is 0 Å². The fourth-order valence-electron chi connectivity index (χ4n) is 1.93. The summed E-state index contributed by atoms with van der Waals surface area (Å²) in [6.45, 7) is 3.83. The van der Waals surface area contributed by atoms with E-state index in [0.29, 0.717) is 5.25 Å². The molecule has 0 atom stereocenters. The second-order valence-electron chi connectivity index (χ2n) is 4.07. The first-order valence-corrected chi connectivity index (χ1v) is 6.66. The summed E-state index contributed by atoms with van der Waals surface area (Å²) in [6, 6.07) is 0. The largest absolute Gasteiger partial charge is 0.395 e. The van der Waals surface area contributed by atoms with Gasteiger partial charge < -0.3 is 10.5 Å². The molecule has 0 aromatic carbocycles. The monoisotopic (exact) mass is 241 g/mol. The smallest absolute Gasteiger partial charge is 0.117 e. The van der Waals surface area contributed by atoms with Crippen LogP contribution in [0, 0.1) is 0 Å². The number of hydrogen-bond acceptors (Lipinski definition) is 4. The number of rotatable bonds is 3. The lowest BCUT2D eigenvalue weighted by Crippen LogP contribution is -2.18. The Morgan fingerprint density at radius 3 is 2.75 bits per heavy atom. The van der Waals surface area contributed by atoms with Crippen molar-refractivity contribution in [2.45, 2.75) is 36.5 Å². The highest BCUT2D eigenvalue weighted by atomic mass is 32.2. The zero-order chi connectivity index (χ0) is 11.5. The van der Waals surface area contributed by atoms with E-state index in [0.717, 1.165) is 48.9 Å². The molecule has 0 aliphatic carbocycles. The summed E-state index contributed by atoms with van der Waals surface area (Å²) in [5.41, 5.74) is 7.97. The highest BCUT2D eigenvalue weighted by Crippen LogP contribution is 2.34. The Morgan fingerprint density at radius 2 is 2.19 bits per heavy atom. The molecule has 0 bridgehead atoms.